The molecule has 1 fully saturated rings. The number of anilines is 1. The Bertz CT molecular complexity index is 1110. The lowest BCUT2D eigenvalue weighted by atomic mass is 9.92. The summed E-state index contributed by atoms with van der Waals surface area (Å²) in [5.41, 5.74) is 3.15. The second-order valence-corrected chi connectivity index (χ2v) is 10.1. The minimum atomic E-state index is -0.239. The lowest BCUT2D eigenvalue weighted by Crippen LogP contribution is -2.38. The van der Waals surface area contributed by atoms with E-state index in [4.69, 9.17) is 14.0 Å². The number of hydrogen-bond acceptors (Lipinski definition) is 8. The standard InChI is InChI=1S/C25H32N4O4S/c1-15-8-16(2)11-29(10-15)12-20-14-34-25(26-20)27-24(30)19-6-7-22(23(9-19)31-5)32-13-21-17(3)28-33-18(21)4/h6-7,9,14-16H,8,10-13H2,1-5H3,(H,26,27,30). The average molecular weight is 485 g/mol. The number of nitrogens with one attached hydrogen (secondary N) is 1. The molecular formula is C25H32N4O4S. The maximum Gasteiger partial charge on any atom is 0.257 e. The van der Waals surface area contributed by atoms with Gasteiger partial charge in [-0.05, 0) is 50.3 Å². The van der Waals surface area contributed by atoms with Crippen LogP contribution in [-0.4, -0.2) is 41.1 Å². The van der Waals surface area contributed by atoms with Gasteiger partial charge >= 0.3 is 0 Å². The molecular weight excluding hydrogens is 452 g/mol. The summed E-state index contributed by atoms with van der Waals surface area (Å²) >= 11 is 1.44. The Balaban J connectivity index is 1.37. The first-order chi connectivity index (χ1) is 16.3. The lowest BCUT2D eigenvalue weighted by Gasteiger charge is -2.34. The van der Waals surface area contributed by atoms with Gasteiger partial charge in [0.1, 0.15) is 12.4 Å². The number of rotatable bonds is 8. The van der Waals surface area contributed by atoms with E-state index in [1.807, 2.05) is 19.2 Å². The van der Waals surface area contributed by atoms with E-state index in [1.165, 1.54) is 17.8 Å². The third-order valence-electron chi connectivity index (χ3n) is 6.08. The van der Waals surface area contributed by atoms with Crippen molar-refractivity contribution < 1.29 is 18.8 Å². The first kappa shape index (κ1) is 24.2. The molecule has 1 aromatic carbocycles. The molecule has 0 radical (unpaired) electrons. The van der Waals surface area contributed by atoms with Crippen LogP contribution in [0.2, 0.25) is 0 Å². The van der Waals surface area contributed by atoms with E-state index in [0.29, 0.717) is 40.6 Å². The first-order valence-electron chi connectivity index (χ1n) is 11.5. The van der Waals surface area contributed by atoms with E-state index >= 15 is 0 Å². The third-order valence-corrected chi connectivity index (χ3v) is 6.89. The third kappa shape index (κ3) is 5.77. The van der Waals surface area contributed by atoms with Crippen molar-refractivity contribution in [3.05, 3.63) is 51.9 Å². The normalized spacial score (nSPS) is 18.6. The van der Waals surface area contributed by atoms with Crippen LogP contribution < -0.4 is 14.8 Å². The number of amides is 1. The topological polar surface area (TPSA) is 89.7 Å². The van der Waals surface area contributed by atoms with Crippen molar-refractivity contribution in [2.24, 2.45) is 11.8 Å². The highest BCUT2D eigenvalue weighted by atomic mass is 32.1. The predicted octanol–water partition coefficient (Wildman–Crippen LogP) is 5.07. The predicted molar refractivity (Wildman–Crippen MR) is 132 cm³/mol. The molecule has 2 atom stereocenters. The van der Waals surface area contributed by atoms with Gasteiger partial charge in [0, 0.05) is 30.6 Å². The molecule has 0 bridgehead atoms. The van der Waals surface area contributed by atoms with Gasteiger partial charge in [-0.3, -0.25) is 15.0 Å². The fraction of sp³-hybridized carbons (Fsp3) is 0.480. The Hall–Kier alpha value is -2.91. The van der Waals surface area contributed by atoms with Gasteiger partial charge in [0.2, 0.25) is 0 Å². The summed E-state index contributed by atoms with van der Waals surface area (Å²) in [6.07, 6.45) is 1.28. The van der Waals surface area contributed by atoms with Gasteiger partial charge in [0.15, 0.2) is 16.6 Å². The van der Waals surface area contributed by atoms with E-state index < -0.39 is 0 Å². The molecule has 8 nitrogen and oxygen atoms in total. The maximum atomic E-state index is 12.8. The van der Waals surface area contributed by atoms with Crippen molar-refractivity contribution in [3.8, 4) is 11.5 Å². The molecule has 3 heterocycles. The number of nitrogens with zero attached hydrogens (tertiary/aromatic N) is 3. The summed E-state index contributed by atoms with van der Waals surface area (Å²) < 4.78 is 16.5. The van der Waals surface area contributed by atoms with Gasteiger partial charge in [0.05, 0.1) is 24.1 Å². The Morgan fingerprint density at radius 2 is 2.00 bits per heavy atom. The SMILES string of the molecule is COc1cc(C(=O)Nc2nc(CN3CC(C)CC(C)C3)cs2)ccc1OCc1c(C)noc1C. The molecule has 3 aromatic rings. The number of thiazole rings is 1. The summed E-state index contributed by atoms with van der Waals surface area (Å²) in [7, 11) is 1.55. The van der Waals surface area contributed by atoms with Crippen molar-refractivity contribution >= 4 is 22.4 Å². The number of piperidine rings is 1. The molecule has 1 N–H and O–H groups in total. The largest absolute Gasteiger partial charge is 0.493 e. The molecule has 0 spiro atoms. The highest BCUT2D eigenvalue weighted by Gasteiger charge is 2.22. The summed E-state index contributed by atoms with van der Waals surface area (Å²) in [6.45, 7) is 11.6. The van der Waals surface area contributed by atoms with Crippen molar-refractivity contribution in [1.29, 1.82) is 0 Å². The molecule has 1 saturated heterocycles. The minimum absolute atomic E-state index is 0.239. The molecule has 0 aliphatic carbocycles. The van der Waals surface area contributed by atoms with Gasteiger partial charge in [-0.15, -0.1) is 11.3 Å². The number of hydrogen-bond donors (Lipinski definition) is 1. The van der Waals surface area contributed by atoms with Crippen LogP contribution in [0.3, 0.4) is 0 Å². The number of carbonyl (C=O) groups excluding carboxylic acids is 1. The van der Waals surface area contributed by atoms with Crippen LogP contribution >= 0.6 is 11.3 Å². The fourth-order valence-corrected chi connectivity index (χ4v) is 5.24. The molecule has 9 heteroatoms. The molecule has 182 valence electrons. The van der Waals surface area contributed by atoms with Crippen LogP contribution in [0.5, 0.6) is 11.5 Å². The van der Waals surface area contributed by atoms with Crippen LogP contribution in [0.1, 0.15) is 53.3 Å². The summed E-state index contributed by atoms with van der Waals surface area (Å²) in [6, 6.07) is 5.12. The number of aryl methyl sites for hydroxylation is 2. The van der Waals surface area contributed by atoms with Crippen LogP contribution in [-0.2, 0) is 13.2 Å². The highest BCUT2D eigenvalue weighted by Crippen LogP contribution is 2.30. The summed E-state index contributed by atoms with van der Waals surface area (Å²) in [5.74, 6) is 2.91. The van der Waals surface area contributed by atoms with Crippen LogP contribution in [0.25, 0.3) is 0 Å². The molecule has 1 aliphatic heterocycles. The minimum Gasteiger partial charge on any atom is -0.493 e. The smallest absolute Gasteiger partial charge is 0.257 e. The molecule has 2 unspecified atom stereocenters. The molecule has 2 aromatic heterocycles. The molecule has 4 rings (SSSR count). The van der Waals surface area contributed by atoms with Crippen molar-refractivity contribution in [2.75, 3.05) is 25.5 Å². The Labute approximate surface area is 204 Å². The van der Waals surface area contributed by atoms with E-state index in [-0.39, 0.29) is 5.91 Å². The second kappa shape index (κ2) is 10.6. The molecule has 1 amide bonds. The van der Waals surface area contributed by atoms with E-state index in [2.05, 4.69) is 34.2 Å². The van der Waals surface area contributed by atoms with Gasteiger partial charge in [-0.25, -0.2) is 4.98 Å². The number of benzene rings is 1. The van der Waals surface area contributed by atoms with Gasteiger partial charge in [0.25, 0.3) is 5.91 Å². The quantitative estimate of drug-likeness (QED) is 0.478. The van der Waals surface area contributed by atoms with Crippen LogP contribution in [0.15, 0.2) is 28.1 Å². The van der Waals surface area contributed by atoms with E-state index in [9.17, 15) is 4.79 Å². The zero-order valence-corrected chi connectivity index (χ0v) is 21.2. The Morgan fingerprint density at radius 3 is 2.68 bits per heavy atom. The number of aromatic nitrogens is 2. The number of ether oxygens (including phenoxy) is 2. The van der Waals surface area contributed by atoms with Gasteiger partial charge in [-0.1, -0.05) is 19.0 Å². The molecule has 1 aliphatic rings. The second-order valence-electron chi connectivity index (χ2n) is 9.20. The fourth-order valence-electron chi connectivity index (χ4n) is 4.54. The van der Waals surface area contributed by atoms with Gasteiger partial charge in [-0.2, -0.15) is 0 Å². The zero-order chi connectivity index (χ0) is 24.2. The van der Waals surface area contributed by atoms with Gasteiger partial charge < -0.3 is 14.0 Å². The van der Waals surface area contributed by atoms with E-state index in [1.54, 1.807) is 25.3 Å². The number of likely N-dealkylation sites (tertiary alicyclic amines) is 1. The molecule has 34 heavy (non-hydrogen) atoms. The lowest BCUT2D eigenvalue weighted by molar-refractivity contribution is 0.102. The summed E-state index contributed by atoms with van der Waals surface area (Å²) in [5, 5.41) is 9.46. The van der Waals surface area contributed by atoms with Crippen molar-refractivity contribution in [3.63, 3.8) is 0 Å². The highest BCUT2D eigenvalue weighted by molar-refractivity contribution is 7.14. The maximum absolute atomic E-state index is 12.8. The number of methoxy groups -OCH3 is 1. The zero-order valence-electron chi connectivity index (χ0n) is 20.4. The summed E-state index contributed by atoms with van der Waals surface area (Å²) in [4.78, 5) is 19.9. The Kier molecular flexibility index (Phi) is 7.53. The van der Waals surface area contributed by atoms with Crippen LogP contribution in [0.4, 0.5) is 5.13 Å². The van der Waals surface area contributed by atoms with E-state index in [0.717, 1.165) is 42.3 Å². The van der Waals surface area contributed by atoms with Crippen molar-refractivity contribution in [1.82, 2.24) is 15.0 Å². The molecule has 0 saturated carbocycles. The van der Waals surface area contributed by atoms with Crippen molar-refractivity contribution in [2.45, 2.75) is 47.3 Å². The number of carbonyl (C=O) groups is 1. The Morgan fingerprint density at radius 1 is 1.24 bits per heavy atom. The first-order valence-corrected chi connectivity index (χ1v) is 12.4. The van der Waals surface area contributed by atoms with Crippen LogP contribution in [0, 0.1) is 25.7 Å². The monoisotopic (exact) mass is 484 g/mol. The average Bonchev–Trinajstić information content (AvgIpc) is 3.36.